The van der Waals surface area contributed by atoms with Crippen molar-refractivity contribution in [3.63, 3.8) is 0 Å². The molecule has 0 saturated heterocycles. The summed E-state index contributed by atoms with van der Waals surface area (Å²) in [7, 11) is 0. The minimum Gasteiger partial charge on any atom is -0.338 e. The zero-order valence-electron chi connectivity index (χ0n) is 14.2. The molecule has 1 aromatic heterocycles. The molecule has 0 saturated carbocycles. The normalized spacial score (nSPS) is 11.0. The van der Waals surface area contributed by atoms with E-state index < -0.39 is 0 Å². The Labute approximate surface area is 152 Å². The topological polar surface area (TPSA) is 51.0 Å². The third-order valence-corrected chi connectivity index (χ3v) is 4.22. The monoisotopic (exact) mass is 341 g/mol. The molecule has 0 atom stereocenters. The number of nitrogens with one attached hydrogen (secondary N) is 1. The van der Waals surface area contributed by atoms with Gasteiger partial charge in [0.15, 0.2) is 0 Å². The average molecular weight is 341 g/mol. The van der Waals surface area contributed by atoms with Crippen LogP contribution in [-0.4, -0.2) is 10.1 Å². The first-order valence-electron chi connectivity index (χ1n) is 8.61. The predicted octanol–water partition coefficient (Wildman–Crippen LogP) is 4.62. The molecular formula is C22H19N3O. The van der Waals surface area contributed by atoms with Crippen LogP contribution in [0.25, 0.3) is 11.4 Å². The first kappa shape index (κ1) is 16.2. The molecule has 0 aliphatic carbocycles. The zero-order valence-corrected chi connectivity index (χ0v) is 14.2. The Morgan fingerprint density at radius 1 is 0.731 bits per heavy atom. The molecule has 4 nitrogen and oxygen atoms in total. The molecule has 0 radical (unpaired) electrons. The molecule has 0 amide bonds. The minimum atomic E-state index is 0.0597. The predicted molar refractivity (Wildman–Crippen MR) is 101 cm³/mol. The van der Waals surface area contributed by atoms with Crippen molar-refractivity contribution in [3.05, 3.63) is 108 Å². The van der Waals surface area contributed by atoms with Gasteiger partial charge in [-0.15, -0.1) is 0 Å². The highest BCUT2D eigenvalue weighted by molar-refractivity contribution is 5.53. The van der Waals surface area contributed by atoms with Crippen molar-refractivity contribution in [3.8, 4) is 11.4 Å². The Balaban J connectivity index is 1.53. The summed E-state index contributed by atoms with van der Waals surface area (Å²) in [6.07, 6.45) is 0. The van der Waals surface area contributed by atoms with Crippen molar-refractivity contribution >= 4 is 0 Å². The summed E-state index contributed by atoms with van der Waals surface area (Å²) < 4.78 is 5.42. The molecule has 0 spiro atoms. The maximum atomic E-state index is 5.42. The Hall–Kier alpha value is -3.24. The van der Waals surface area contributed by atoms with E-state index in [1.54, 1.807) is 0 Å². The Bertz CT molecular complexity index is 897. The molecule has 4 heteroatoms. The van der Waals surface area contributed by atoms with Gasteiger partial charge in [0.25, 0.3) is 0 Å². The van der Waals surface area contributed by atoms with E-state index in [0.29, 0.717) is 18.3 Å². The SMILES string of the molecule is c1ccc(-c2noc(CNC(c3ccccc3)c3ccccc3)n2)cc1. The standard InChI is InChI=1S/C22H19N3O/c1-4-10-17(11-5-1)21(18-12-6-2-7-13-18)23-16-20-24-22(25-26-20)19-14-8-3-9-15-19/h1-15,21,23H,16H2. The van der Waals surface area contributed by atoms with Gasteiger partial charge in [-0.1, -0.05) is 96.2 Å². The Morgan fingerprint density at radius 2 is 1.27 bits per heavy atom. The lowest BCUT2D eigenvalue weighted by Gasteiger charge is -2.18. The van der Waals surface area contributed by atoms with Crippen molar-refractivity contribution in [2.75, 3.05) is 0 Å². The van der Waals surface area contributed by atoms with Gasteiger partial charge in [-0.05, 0) is 11.1 Å². The summed E-state index contributed by atoms with van der Waals surface area (Å²) in [6.45, 7) is 0.494. The molecule has 1 N–H and O–H groups in total. The number of rotatable bonds is 6. The quantitative estimate of drug-likeness (QED) is 0.556. The number of hydrogen-bond acceptors (Lipinski definition) is 4. The molecule has 0 aliphatic heterocycles. The maximum Gasteiger partial charge on any atom is 0.240 e. The molecule has 0 fully saturated rings. The van der Waals surface area contributed by atoms with Crippen LogP contribution in [0, 0.1) is 0 Å². The lowest BCUT2D eigenvalue weighted by atomic mass is 9.99. The van der Waals surface area contributed by atoms with Gasteiger partial charge in [-0.2, -0.15) is 4.98 Å². The summed E-state index contributed by atoms with van der Waals surface area (Å²) in [5.41, 5.74) is 3.34. The van der Waals surface area contributed by atoms with Gasteiger partial charge < -0.3 is 4.52 Å². The summed E-state index contributed by atoms with van der Waals surface area (Å²) in [5, 5.41) is 7.62. The molecule has 128 valence electrons. The van der Waals surface area contributed by atoms with Gasteiger partial charge in [0.05, 0.1) is 12.6 Å². The second-order valence-corrected chi connectivity index (χ2v) is 6.01. The molecule has 3 aromatic carbocycles. The second-order valence-electron chi connectivity index (χ2n) is 6.01. The summed E-state index contributed by atoms with van der Waals surface area (Å²) in [4.78, 5) is 4.50. The van der Waals surface area contributed by atoms with E-state index in [2.05, 4.69) is 39.7 Å². The van der Waals surface area contributed by atoms with Gasteiger partial charge in [0.2, 0.25) is 11.7 Å². The molecule has 4 aromatic rings. The van der Waals surface area contributed by atoms with Crippen molar-refractivity contribution in [2.24, 2.45) is 0 Å². The lowest BCUT2D eigenvalue weighted by molar-refractivity contribution is 0.363. The zero-order chi connectivity index (χ0) is 17.6. The average Bonchev–Trinajstić information content (AvgIpc) is 3.20. The fourth-order valence-corrected chi connectivity index (χ4v) is 2.94. The largest absolute Gasteiger partial charge is 0.338 e. The van der Waals surface area contributed by atoms with Crippen molar-refractivity contribution in [2.45, 2.75) is 12.6 Å². The van der Waals surface area contributed by atoms with E-state index in [4.69, 9.17) is 4.52 Å². The minimum absolute atomic E-state index is 0.0597. The first-order valence-corrected chi connectivity index (χ1v) is 8.61. The highest BCUT2D eigenvalue weighted by Gasteiger charge is 2.15. The van der Waals surface area contributed by atoms with Crippen LogP contribution in [0.1, 0.15) is 23.1 Å². The maximum absolute atomic E-state index is 5.42. The third kappa shape index (κ3) is 3.71. The second kappa shape index (κ2) is 7.76. The van der Waals surface area contributed by atoms with E-state index in [1.807, 2.05) is 66.7 Å². The fraction of sp³-hybridized carbons (Fsp3) is 0.0909. The third-order valence-electron chi connectivity index (χ3n) is 4.22. The van der Waals surface area contributed by atoms with Crippen molar-refractivity contribution in [1.82, 2.24) is 15.5 Å². The van der Waals surface area contributed by atoms with E-state index in [0.717, 1.165) is 5.56 Å². The molecular weight excluding hydrogens is 322 g/mol. The fourth-order valence-electron chi connectivity index (χ4n) is 2.94. The number of benzene rings is 3. The lowest BCUT2D eigenvalue weighted by Crippen LogP contribution is -2.22. The van der Waals surface area contributed by atoms with Gasteiger partial charge in [-0.25, -0.2) is 0 Å². The summed E-state index contributed by atoms with van der Waals surface area (Å²) in [5.74, 6) is 1.18. The molecule has 26 heavy (non-hydrogen) atoms. The van der Waals surface area contributed by atoms with Crippen molar-refractivity contribution in [1.29, 1.82) is 0 Å². The Morgan fingerprint density at radius 3 is 1.85 bits per heavy atom. The van der Waals surface area contributed by atoms with Crippen molar-refractivity contribution < 1.29 is 4.52 Å². The van der Waals surface area contributed by atoms with Crippen LogP contribution >= 0.6 is 0 Å². The van der Waals surface area contributed by atoms with Crippen LogP contribution < -0.4 is 5.32 Å². The molecule has 0 unspecified atom stereocenters. The van der Waals surface area contributed by atoms with Crippen LogP contribution in [0.2, 0.25) is 0 Å². The molecule has 0 bridgehead atoms. The van der Waals surface area contributed by atoms with Crippen LogP contribution in [-0.2, 0) is 6.54 Å². The van der Waals surface area contributed by atoms with E-state index in [9.17, 15) is 0 Å². The number of nitrogens with zero attached hydrogens (tertiary/aromatic N) is 2. The van der Waals surface area contributed by atoms with E-state index in [1.165, 1.54) is 11.1 Å². The first-order chi connectivity index (χ1) is 12.9. The molecule has 4 rings (SSSR count). The Kier molecular flexibility index (Phi) is 4.85. The van der Waals surface area contributed by atoms with Gasteiger partial charge in [0, 0.05) is 5.56 Å². The van der Waals surface area contributed by atoms with Gasteiger partial charge >= 0.3 is 0 Å². The molecule has 1 heterocycles. The van der Waals surface area contributed by atoms with E-state index in [-0.39, 0.29) is 6.04 Å². The van der Waals surface area contributed by atoms with Crippen LogP contribution in [0.5, 0.6) is 0 Å². The van der Waals surface area contributed by atoms with Crippen LogP contribution in [0.4, 0.5) is 0 Å². The summed E-state index contributed by atoms with van der Waals surface area (Å²) >= 11 is 0. The summed E-state index contributed by atoms with van der Waals surface area (Å²) in [6, 6.07) is 30.6. The van der Waals surface area contributed by atoms with Crippen LogP contribution in [0.15, 0.2) is 95.5 Å². The smallest absolute Gasteiger partial charge is 0.240 e. The van der Waals surface area contributed by atoms with E-state index >= 15 is 0 Å². The van der Waals surface area contributed by atoms with Crippen LogP contribution in [0.3, 0.4) is 0 Å². The number of aromatic nitrogens is 2. The number of hydrogen-bond donors (Lipinski definition) is 1. The highest BCUT2D eigenvalue weighted by atomic mass is 16.5. The highest BCUT2D eigenvalue weighted by Crippen LogP contribution is 2.22. The van der Waals surface area contributed by atoms with Gasteiger partial charge in [-0.3, -0.25) is 5.32 Å². The molecule has 0 aliphatic rings. The van der Waals surface area contributed by atoms with Gasteiger partial charge in [0.1, 0.15) is 0 Å².